The van der Waals surface area contributed by atoms with Gasteiger partial charge in [-0.3, -0.25) is 9.79 Å². The van der Waals surface area contributed by atoms with Gasteiger partial charge in [-0.05, 0) is 0 Å². The topological polar surface area (TPSA) is 87.0 Å². The lowest BCUT2D eigenvalue weighted by Crippen LogP contribution is -2.19. The zero-order valence-corrected chi connectivity index (χ0v) is 6.10. The first-order chi connectivity index (χ1) is 5.61. The molecule has 0 radical (unpaired) electrons. The Kier molecular flexibility index (Phi) is 2.23. The number of carboxylic acids is 2. The summed E-state index contributed by atoms with van der Waals surface area (Å²) in [7, 11) is 0. The smallest absolute Gasteiger partial charge is 0.333 e. The zero-order chi connectivity index (χ0) is 9.14. The minimum Gasteiger partial charge on any atom is -0.481 e. The number of dihydropyridines is 1. The molecule has 1 heterocycles. The van der Waals surface area contributed by atoms with Gasteiger partial charge in [-0.1, -0.05) is 6.08 Å². The summed E-state index contributed by atoms with van der Waals surface area (Å²) in [6, 6.07) is 0. The van der Waals surface area contributed by atoms with Crippen LogP contribution in [0, 0.1) is 5.92 Å². The molecule has 5 nitrogen and oxygen atoms in total. The van der Waals surface area contributed by atoms with Crippen molar-refractivity contribution in [3.8, 4) is 0 Å². The molecule has 1 atom stereocenters. The number of aliphatic imine (C=N–C) groups is 1. The van der Waals surface area contributed by atoms with Crippen LogP contribution >= 0.6 is 0 Å². The van der Waals surface area contributed by atoms with Crippen LogP contribution in [0.4, 0.5) is 0 Å². The average Bonchev–Trinajstić information content (AvgIpc) is 2.04. The maximum absolute atomic E-state index is 10.4. The van der Waals surface area contributed by atoms with Gasteiger partial charge in [0.2, 0.25) is 0 Å². The van der Waals surface area contributed by atoms with E-state index in [1.807, 2.05) is 0 Å². The second-order valence-corrected chi connectivity index (χ2v) is 2.35. The molecule has 0 saturated heterocycles. The van der Waals surface area contributed by atoms with Crippen molar-refractivity contribution in [2.24, 2.45) is 10.9 Å². The lowest BCUT2D eigenvalue weighted by molar-refractivity contribution is -0.137. The van der Waals surface area contributed by atoms with Crippen LogP contribution in [-0.4, -0.2) is 34.9 Å². The zero-order valence-electron chi connectivity index (χ0n) is 6.10. The third-order valence-electron chi connectivity index (χ3n) is 1.47. The predicted molar refractivity (Wildman–Crippen MR) is 40.2 cm³/mol. The fraction of sp³-hybridized carbons (Fsp3) is 0.286. The Labute approximate surface area is 68.0 Å². The Hall–Kier alpha value is -1.65. The summed E-state index contributed by atoms with van der Waals surface area (Å²) in [6.45, 7) is 0.0547. The van der Waals surface area contributed by atoms with Crippen LogP contribution in [-0.2, 0) is 9.59 Å². The molecule has 0 aliphatic carbocycles. The van der Waals surface area contributed by atoms with Gasteiger partial charge in [-0.25, -0.2) is 4.79 Å². The Morgan fingerprint density at radius 2 is 2.17 bits per heavy atom. The van der Waals surface area contributed by atoms with Gasteiger partial charge in [0, 0.05) is 6.21 Å². The average molecular weight is 169 g/mol. The quantitative estimate of drug-likeness (QED) is 0.598. The van der Waals surface area contributed by atoms with Gasteiger partial charge in [-0.15, -0.1) is 0 Å². The molecule has 1 aliphatic heterocycles. The normalized spacial score (nSPS) is 21.7. The van der Waals surface area contributed by atoms with Crippen molar-refractivity contribution in [3.05, 3.63) is 11.6 Å². The highest BCUT2D eigenvalue weighted by atomic mass is 16.4. The summed E-state index contributed by atoms with van der Waals surface area (Å²) >= 11 is 0. The largest absolute Gasteiger partial charge is 0.481 e. The molecule has 2 N–H and O–H groups in total. The Morgan fingerprint density at radius 3 is 2.67 bits per heavy atom. The van der Waals surface area contributed by atoms with Crippen LogP contribution in [0.1, 0.15) is 0 Å². The van der Waals surface area contributed by atoms with E-state index in [1.165, 1.54) is 12.3 Å². The van der Waals surface area contributed by atoms with Crippen molar-refractivity contribution in [1.29, 1.82) is 0 Å². The molecule has 0 bridgehead atoms. The monoisotopic (exact) mass is 169 g/mol. The van der Waals surface area contributed by atoms with Crippen molar-refractivity contribution >= 4 is 18.2 Å². The van der Waals surface area contributed by atoms with Crippen LogP contribution < -0.4 is 0 Å². The maximum atomic E-state index is 10.4. The van der Waals surface area contributed by atoms with Gasteiger partial charge >= 0.3 is 11.9 Å². The Morgan fingerprint density at radius 1 is 1.50 bits per heavy atom. The SMILES string of the molecule is O=C(O)C1=CC(C(=O)O)C=NC1. The van der Waals surface area contributed by atoms with Crippen molar-refractivity contribution in [2.75, 3.05) is 6.54 Å². The fourth-order valence-electron chi connectivity index (χ4n) is 0.851. The summed E-state index contributed by atoms with van der Waals surface area (Å²) < 4.78 is 0. The first kappa shape index (κ1) is 8.45. The predicted octanol–water partition coefficient (Wildman–Crippen LogP) is -0.217. The second-order valence-electron chi connectivity index (χ2n) is 2.35. The fourth-order valence-corrected chi connectivity index (χ4v) is 0.851. The number of hydrogen-bond donors (Lipinski definition) is 2. The minimum atomic E-state index is -1.11. The van der Waals surface area contributed by atoms with Crippen LogP contribution in [0.3, 0.4) is 0 Å². The van der Waals surface area contributed by atoms with Gasteiger partial charge in [0.05, 0.1) is 12.1 Å². The molecule has 12 heavy (non-hydrogen) atoms. The lowest BCUT2D eigenvalue weighted by Gasteiger charge is -2.08. The molecule has 0 amide bonds. The molecule has 0 aromatic carbocycles. The molecule has 0 aromatic heterocycles. The van der Waals surface area contributed by atoms with Crippen molar-refractivity contribution in [1.82, 2.24) is 0 Å². The van der Waals surface area contributed by atoms with Crippen LogP contribution in [0.5, 0.6) is 0 Å². The van der Waals surface area contributed by atoms with Gasteiger partial charge in [0.1, 0.15) is 5.92 Å². The molecule has 1 aliphatic rings. The van der Waals surface area contributed by atoms with Gasteiger partial charge < -0.3 is 10.2 Å². The highest BCUT2D eigenvalue weighted by Gasteiger charge is 2.19. The highest BCUT2D eigenvalue weighted by molar-refractivity contribution is 5.96. The van der Waals surface area contributed by atoms with E-state index in [0.717, 1.165) is 0 Å². The summed E-state index contributed by atoms with van der Waals surface area (Å²) in [5, 5.41) is 17.0. The van der Waals surface area contributed by atoms with Crippen molar-refractivity contribution in [2.45, 2.75) is 0 Å². The number of hydrogen-bond acceptors (Lipinski definition) is 3. The molecule has 1 rings (SSSR count). The van der Waals surface area contributed by atoms with Gasteiger partial charge in [-0.2, -0.15) is 0 Å². The Bertz CT molecular complexity index is 279. The molecule has 0 fully saturated rings. The summed E-state index contributed by atoms with van der Waals surface area (Å²) in [6.07, 6.45) is 2.42. The molecule has 0 spiro atoms. The van der Waals surface area contributed by atoms with Crippen LogP contribution in [0.25, 0.3) is 0 Å². The summed E-state index contributed by atoms with van der Waals surface area (Å²) in [5.41, 5.74) is 0.0323. The highest BCUT2D eigenvalue weighted by Crippen LogP contribution is 2.08. The summed E-state index contributed by atoms with van der Waals surface area (Å²) in [5.74, 6) is -3.10. The lowest BCUT2D eigenvalue weighted by atomic mass is 10.0. The molecule has 0 saturated carbocycles. The van der Waals surface area contributed by atoms with E-state index in [1.54, 1.807) is 0 Å². The number of nitrogens with zero attached hydrogens (tertiary/aromatic N) is 1. The number of carboxylic acid groups (broad SMARTS) is 2. The molecular weight excluding hydrogens is 162 g/mol. The van der Waals surface area contributed by atoms with E-state index in [0.29, 0.717) is 0 Å². The van der Waals surface area contributed by atoms with E-state index in [9.17, 15) is 9.59 Å². The Balaban J connectivity index is 2.81. The van der Waals surface area contributed by atoms with E-state index >= 15 is 0 Å². The van der Waals surface area contributed by atoms with Gasteiger partial charge in [0.25, 0.3) is 0 Å². The molecule has 64 valence electrons. The molecule has 1 unspecified atom stereocenters. The van der Waals surface area contributed by atoms with Crippen molar-refractivity contribution in [3.63, 3.8) is 0 Å². The van der Waals surface area contributed by atoms with Crippen molar-refractivity contribution < 1.29 is 19.8 Å². The van der Waals surface area contributed by atoms with Crippen LogP contribution in [0.15, 0.2) is 16.6 Å². The third-order valence-corrected chi connectivity index (χ3v) is 1.47. The molecule has 5 heteroatoms. The first-order valence-electron chi connectivity index (χ1n) is 3.28. The number of rotatable bonds is 2. The first-order valence-corrected chi connectivity index (χ1v) is 3.28. The second kappa shape index (κ2) is 3.17. The van der Waals surface area contributed by atoms with Crippen LogP contribution in [0.2, 0.25) is 0 Å². The number of aliphatic carboxylic acids is 2. The summed E-state index contributed by atoms with van der Waals surface area (Å²) in [4.78, 5) is 24.4. The van der Waals surface area contributed by atoms with E-state index in [4.69, 9.17) is 10.2 Å². The van der Waals surface area contributed by atoms with E-state index in [2.05, 4.69) is 4.99 Å². The standard InChI is InChI=1S/C7H7NO4/c9-6(10)4-1-5(7(11)12)3-8-2-4/h1-2,4H,3H2,(H,9,10)(H,11,12). The number of carbonyl (C=O) groups is 2. The third kappa shape index (κ3) is 1.69. The van der Waals surface area contributed by atoms with E-state index < -0.39 is 17.9 Å². The van der Waals surface area contributed by atoms with E-state index in [-0.39, 0.29) is 12.1 Å². The minimum absolute atomic E-state index is 0.0323. The molecular formula is C7H7NO4. The molecule has 0 aromatic rings. The van der Waals surface area contributed by atoms with Gasteiger partial charge in [0.15, 0.2) is 0 Å². The maximum Gasteiger partial charge on any atom is 0.333 e.